The minimum absolute atomic E-state index is 0. The zero-order valence-electron chi connectivity index (χ0n) is 18.9. The third-order valence-corrected chi connectivity index (χ3v) is 7.15. The SMILES string of the molecule is CN(C)CCN(c1cccc(NCCOc2ccc(Cl)cc2)c1)S(=O)(=O)c1ccc(Cl)cc1.Cl. The Morgan fingerprint density at radius 1 is 0.882 bits per heavy atom. The lowest BCUT2D eigenvalue weighted by molar-refractivity contribution is 0.333. The van der Waals surface area contributed by atoms with Gasteiger partial charge in [0.25, 0.3) is 10.0 Å². The van der Waals surface area contributed by atoms with Crippen molar-refractivity contribution in [1.29, 1.82) is 0 Å². The molecule has 0 radical (unpaired) electrons. The maximum atomic E-state index is 13.4. The van der Waals surface area contributed by atoms with E-state index in [1.807, 2.05) is 49.3 Å². The normalized spacial score (nSPS) is 11.1. The van der Waals surface area contributed by atoms with E-state index in [1.54, 1.807) is 30.3 Å². The van der Waals surface area contributed by atoms with Gasteiger partial charge in [-0.1, -0.05) is 29.3 Å². The van der Waals surface area contributed by atoms with Gasteiger partial charge in [-0.3, -0.25) is 4.31 Å². The van der Waals surface area contributed by atoms with Gasteiger partial charge in [-0.05, 0) is 80.8 Å². The van der Waals surface area contributed by atoms with Gasteiger partial charge in [0.15, 0.2) is 0 Å². The highest BCUT2D eigenvalue weighted by Gasteiger charge is 2.25. The number of halogens is 3. The van der Waals surface area contributed by atoms with Crippen molar-refractivity contribution >= 4 is 57.0 Å². The van der Waals surface area contributed by atoms with Gasteiger partial charge in [0.05, 0.1) is 10.6 Å². The van der Waals surface area contributed by atoms with Crippen molar-refractivity contribution in [3.05, 3.63) is 82.8 Å². The van der Waals surface area contributed by atoms with E-state index >= 15 is 0 Å². The monoisotopic (exact) mass is 543 g/mol. The average molecular weight is 545 g/mol. The first-order valence-electron chi connectivity index (χ1n) is 10.4. The number of nitrogens with zero attached hydrogens (tertiary/aromatic N) is 2. The topological polar surface area (TPSA) is 61.9 Å². The Kier molecular flexibility index (Phi) is 10.8. The Bertz CT molecular complexity index is 1140. The number of nitrogens with one attached hydrogen (secondary N) is 1. The quantitative estimate of drug-likeness (QED) is 0.316. The minimum Gasteiger partial charge on any atom is -0.492 e. The van der Waals surface area contributed by atoms with E-state index < -0.39 is 10.0 Å². The number of likely N-dealkylation sites (N-methyl/N-ethyl adjacent to an activating group) is 1. The second-order valence-electron chi connectivity index (χ2n) is 7.61. The van der Waals surface area contributed by atoms with Crippen molar-refractivity contribution in [2.75, 3.05) is 50.0 Å². The first-order valence-corrected chi connectivity index (χ1v) is 12.6. The van der Waals surface area contributed by atoms with Gasteiger partial charge in [-0.25, -0.2) is 8.42 Å². The Morgan fingerprint density at radius 3 is 2.12 bits per heavy atom. The molecule has 0 amide bonds. The Balaban J connectivity index is 0.00000408. The highest BCUT2D eigenvalue weighted by molar-refractivity contribution is 7.92. The molecular formula is C24H28Cl3N3O3S. The van der Waals surface area contributed by atoms with Crippen LogP contribution in [0.3, 0.4) is 0 Å². The maximum absolute atomic E-state index is 13.4. The summed E-state index contributed by atoms with van der Waals surface area (Å²) in [6, 6.07) is 20.7. The van der Waals surface area contributed by atoms with Crippen molar-refractivity contribution < 1.29 is 13.2 Å². The maximum Gasteiger partial charge on any atom is 0.264 e. The standard InChI is InChI=1S/C24H27Cl2N3O3S.ClH/c1-28(2)15-16-29(33(30,31)24-12-8-20(26)9-13-24)22-5-3-4-21(18-22)27-14-17-32-23-10-6-19(25)7-11-23;/h3-13,18,27H,14-17H2,1-2H3;1H. The lowest BCUT2D eigenvalue weighted by Gasteiger charge is -2.26. The molecule has 0 atom stereocenters. The average Bonchev–Trinajstić information content (AvgIpc) is 2.78. The number of ether oxygens (including phenoxy) is 1. The van der Waals surface area contributed by atoms with Crippen LogP contribution in [0.4, 0.5) is 11.4 Å². The molecule has 0 fully saturated rings. The lowest BCUT2D eigenvalue weighted by Crippen LogP contribution is -2.36. The van der Waals surface area contributed by atoms with Gasteiger partial charge in [0.1, 0.15) is 12.4 Å². The van der Waals surface area contributed by atoms with E-state index in [1.165, 1.54) is 16.4 Å². The molecule has 0 saturated carbocycles. The molecule has 0 spiro atoms. The predicted octanol–water partition coefficient (Wildman–Crippen LogP) is 5.66. The number of benzene rings is 3. The molecule has 0 aliphatic carbocycles. The van der Waals surface area contributed by atoms with Gasteiger partial charge >= 0.3 is 0 Å². The van der Waals surface area contributed by atoms with Crippen LogP contribution >= 0.6 is 35.6 Å². The van der Waals surface area contributed by atoms with E-state index in [0.29, 0.717) is 42.0 Å². The first kappa shape index (κ1) is 28.1. The molecule has 0 saturated heterocycles. The van der Waals surface area contributed by atoms with Crippen LogP contribution in [0.1, 0.15) is 0 Å². The van der Waals surface area contributed by atoms with Crippen molar-refractivity contribution in [2.24, 2.45) is 0 Å². The molecule has 0 bridgehead atoms. The van der Waals surface area contributed by atoms with Crippen LogP contribution in [0.25, 0.3) is 0 Å². The summed E-state index contributed by atoms with van der Waals surface area (Å²) >= 11 is 11.8. The summed E-state index contributed by atoms with van der Waals surface area (Å²) in [5, 5.41) is 4.43. The van der Waals surface area contributed by atoms with Gasteiger partial charge in [0, 0.05) is 35.4 Å². The second kappa shape index (κ2) is 13.1. The largest absolute Gasteiger partial charge is 0.492 e. The van der Waals surface area contributed by atoms with E-state index in [0.717, 1.165) is 11.4 Å². The van der Waals surface area contributed by atoms with Crippen LogP contribution in [0, 0.1) is 0 Å². The van der Waals surface area contributed by atoms with Crippen molar-refractivity contribution in [3.63, 3.8) is 0 Å². The first-order chi connectivity index (χ1) is 15.8. The summed E-state index contributed by atoms with van der Waals surface area (Å²) < 4.78 is 34.0. The number of hydrogen-bond donors (Lipinski definition) is 1. The zero-order valence-corrected chi connectivity index (χ0v) is 22.1. The highest BCUT2D eigenvalue weighted by Crippen LogP contribution is 2.27. The summed E-state index contributed by atoms with van der Waals surface area (Å²) in [4.78, 5) is 2.14. The summed E-state index contributed by atoms with van der Waals surface area (Å²) in [7, 11) is 0.0537. The molecule has 0 aromatic heterocycles. The Hall–Kier alpha value is -2.16. The zero-order chi connectivity index (χ0) is 23.8. The molecule has 6 nitrogen and oxygen atoms in total. The van der Waals surface area contributed by atoms with Crippen LogP contribution in [0.2, 0.25) is 10.0 Å². The smallest absolute Gasteiger partial charge is 0.264 e. The predicted molar refractivity (Wildman–Crippen MR) is 144 cm³/mol. The third-order valence-electron chi connectivity index (χ3n) is 4.80. The number of hydrogen-bond acceptors (Lipinski definition) is 5. The Morgan fingerprint density at radius 2 is 1.50 bits per heavy atom. The van der Waals surface area contributed by atoms with Crippen molar-refractivity contribution in [1.82, 2.24) is 4.90 Å². The van der Waals surface area contributed by atoms with Gasteiger partial charge < -0.3 is 15.0 Å². The molecule has 34 heavy (non-hydrogen) atoms. The fourth-order valence-electron chi connectivity index (χ4n) is 3.08. The number of anilines is 2. The van der Waals surface area contributed by atoms with E-state index in [9.17, 15) is 8.42 Å². The van der Waals surface area contributed by atoms with Gasteiger partial charge in [-0.15, -0.1) is 12.4 Å². The molecule has 3 aromatic carbocycles. The molecule has 0 heterocycles. The van der Waals surface area contributed by atoms with E-state index in [-0.39, 0.29) is 17.3 Å². The molecular weight excluding hydrogens is 517 g/mol. The summed E-state index contributed by atoms with van der Waals surface area (Å²) in [6.07, 6.45) is 0. The van der Waals surface area contributed by atoms with Crippen molar-refractivity contribution in [2.45, 2.75) is 4.90 Å². The second-order valence-corrected chi connectivity index (χ2v) is 10.3. The number of rotatable bonds is 11. The highest BCUT2D eigenvalue weighted by atomic mass is 35.5. The lowest BCUT2D eigenvalue weighted by atomic mass is 10.2. The molecule has 0 aliphatic rings. The summed E-state index contributed by atoms with van der Waals surface area (Å²) in [5.74, 6) is 0.735. The minimum atomic E-state index is -3.76. The fraction of sp³-hybridized carbons (Fsp3) is 0.250. The van der Waals surface area contributed by atoms with E-state index in [4.69, 9.17) is 27.9 Å². The van der Waals surface area contributed by atoms with Crippen LogP contribution in [0.15, 0.2) is 77.7 Å². The fourth-order valence-corrected chi connectivity index (χ4v) is 4.78. The molecule has 184 valence electrons. The van der Waals surface area contributed by atoms with Crippen LogP contribution in [-0.4, -0.2) is 53.7 Å². The number of sulfonamides is 1. The van der Waals surface area contributed by atoms with Crippen molar-refractivity contribution in [3.8, 4) is 5.75 Å². The molecule has 0 aliphatic heterocycles. The molecule has 0 unspecified atom stereocenters. The van der Waals surface area contributed by atoms with Gasteiger partial charge in [-0.2, -0.15) is 0 Å². The van der Waals surface area contributed by atoms with Crippen LogP contribution < -0.4 is 14.4 Å². The van der Waals surface area contributed by atoms with Crippen LogP contribution in [-0.2, 0) is 10.0 Å². The van der Waals surface area contributed by atoms with Gasteiger partial charge in [0.2, 0.25) is 0 Å². The molecule has 3 rings (SSSR count). The van der Waals surface area contributed by atoms with E-state index in [2.05, 4.69) is 5.32 Å². The third kappa shape index (κ3) is 7.96. The molecule has 1 N–H and O–H groups in total. The summed E-state index contributed by atoms with van der Waals surface area (Å²) in [6.45, 7) is 1.87. The summed E-state index contributed by atoms with van der Waals surface area (Å²) in [5.41, 5.74) is 1.38. The van der Waals surface area contributed by atoms with Crippen LogP contribution in [0.5, 0.6) is 5.75 Å². The molecule has 3 aromatic rings. The molecule has 10 heteroatoms. The Labute approximate surface area is 217 Å².